The molecule has 0 unspecified atom stereocenters. The van der Waals surface area contributed by atoms with Crippen molar-refractivity contribution in [2.24, 2.45) is 5.41 Å². The van der Waals surface area contributed by atoms with Crippen LogP contribution in [0, 0.1) is 10.8 Å². The summed E-state index contributed by atoms with van der Waals surface area (Å²) in [7, 11) is -2.47. The summed E-state index contributed by atoms with van der Waals surface area (Å²) in [5, 5.41) is 13.5. The van der Waals surface area contributed by atoms with E-state index in [1.165, 1.54) is 51.2 Å². The molecule has 0 saturated carbocycles. The Morgan fingerprint density at radius 3 is 2.07 bits per heavy atom. The summed E-state index contributed by atoms with van der Waals surface area (Å²) >= 11 is 5.79. The monoisotopic (exact) mass is 441 g/mol. The molecule has 1 aromatic rings. The smallest absolute Gasteiger partial charge is 0.241 e. The highest BCUT2D eigenvalue weighted by Gasteiger charge is 2.42. The van der Waals surface area contributed by atoms with Gasteiger partial charge in [-0.1, -0.05) is 32.4 Å². The van der Waals surface area contributed by atoms with Gasteiger partial charge in [0.05, 0.1) is 17.1 Å². The van der Waals surface area contributed by atoms with Crippen molar-refractivity contribution in [3.05, 3.63) is 41.1 Å². The number of likely N-dealkylation sites (N-methyl/N-ethyl adjacent to an activating group) is 1. The van der Waals surface area contributed by atoms with Crippen molar-refractivity contribution in [2.75, 3.05) is 13.6 Å². The fourth-order valence-corrected chi connectivity index (χ4v) is 3.68. The van der Waals surface area contributed by atoms with E-state index in [-0.39, 0.29) is 16.3 Å². The number of sulfone groups is 1. The van der Waals surface area contributed by atoms with E-state index in [1.807, 2.05) is 20.8 Å². The number of rotatable bonds is 8. The van der Waals surface area contributed by atoms with Crippen molar-refractivity contribution in [1.29, 1.82) is 5.41 Å². The van der Waals surface area contributed by atoms with E-state index in [0.29, 0.717) is 5.02 Å². The van der Waals surface area contributed by atoms with Gasteiger partial charge in [-0.05, 0) is 44.2 Å². The van der Waals surface area contributed by atoms with Gasteiger partial charge >= 0.3 is 0 Å². The minimum Gasteiger partial charge on any atom is -0.385 e. The Bertz CT molecular complexity index is 927. The number of amides is 1. The van der Waals surface area contributed by atoms with Crippen LogP contribution in [-0.2, 0) is 19.4 Å². The van der Waals surface area contributed by atoms with Crippen LogP contribution in [0.25, 0.3) is 0 Å². The quantitative estimate of drug-likeness (QED) is 0.423. The number of Topliss-reactive ketones (excluding diaryl/α,β-unsaturated/α-hetero) is 1. The van der Waals surface area contributed by atoms with Crippen LogP contribution in [0.1, 0.15) is 34.6 Å². The summed E-state index contributed by atoms with van der Waals surface area (Å²) in [6.07, 6.45) is 1.41. The van der Waals surface area contributed by atoms with Gasteiger partial charge in [0.25, 0.3) is 0 Å². The summed E-state index contributed by atoms with van der Waals surface area (Å²) in [6.45, 7) is 7.69. The molecule has 1 rings (SSSR count). The van der Waals surface area contributed by atoms with E-state index in [9.17, 15) is 18.0 Å². The largest absolute Gasteiger partial charge is 0.385 e. The van der Waals surface area contributed by atoms with Crippen LogP contribution in [0.3, 0.4) is 0 Å². The van der Waals surface area contributed by atoms with Crippen molar-refractivity contribution >= 4 is 38.8 Å². The standard InChI is InChI=1S/C20H28ClN3O4S/c1-19(2,3)17(22)11-15(23-6)16(25)12-24-18(26)20(4,5)29(27,28)14-9-7-13(21)8-10-14/h7-11,22-23H,12H2,1-6H3,(H,24,26)/b15-11-,22-17?. The molecule has 160 valence electrons. The van der Waals surface area contributed by atoms with Crippen LogP contribution >= 0.6 is 11.6 Å². The summed E-state index contributed by atoms with van der Waals surface area (Å²) in [6, 6.07) is 5.52. The van der Waals surface area contributed by atoms with Gasteiger partial charge in [-0.2, -0.15) is 0 Å². The first-order chi connectivity index (χ1) is 13.1. The molecule has 0 spiro atoms. The Balaban J connectivity index is 2.97. The topological polar surface area (TPSA) is 116 Å². The van der Waals surface area contributed by atoms with E-state index in [1.54, 1.807) is 0 Å². The molecule has 7 nitrogen and oxygen atoms in total. The van der Waals surface area contributed by atoms with Crippen molar-refractivity contribution in [3.8, 4) is 0 Å². The average Bonchev–Trinajstić information content (AvgIpc) is 2.62. The molecule has 0 aromatic heterocycles. The van der Waals surface area contributed by atoms with Gasteiger partial charge in [-0.25, -0.2) is 8.42 Å². The fourth-order valence-electron chi connectivity index (χ4n) is 2.15. The average molecular weight is 442 g/mol. The third-order valence-electron chi connectivity index (χ3n) is 4.42. The third kappa shape index (κ3) is 5.90. The number of halogens is 1. The number of allylic oxidation sites excluding steroid dienone is 1. The normalized spacial score (nSPS) is 13.0. The molecule has 0 atom stereocenters. The number of carbonyl (C=O) groups excluding carboxylic acids is 2. The minimum absolute atomic E-state index is 0.0391. The zero-order valence-corrected chi connectivity index (χ0v) is 19.1. The van der Waals surface area contributed by atoms with Gasteiger partial charge in [-0.15, -0.1) is 0 Å². The molecule has 0 saturated heterocycles. The van der Waals surface area contributed by atoms with Gasteiger partial charge in [0.2, 0.25) is 5.91 Å². The Kier molecular flexibility index (Phi) is 7.79. The zero-order valence-electron chi connectivity index (χ0n) is 17.5. The third-order valence-corrected chi connectivity index (χ3v) is 7.09. The molecule has 0 radical (unpaired) electrons. The number of benzene rings is 1. The van der Waals surface area contributed by atoms with E-state index < -0.39 is 38.2 Å². The number of carbonyl (C=O) groups is 2. The molecule has 0 aliphatic rings. The molecular formula is C20H28ClN3O4S. The van der Waals surface area contributed by atoms with Crippen LogP contribution < -0.4 is 10.6 Å². The molecule has 1 amide bonds. The Morgan fingerprint density at radius 1 is 1.10 bits per heavy atom. The number of nitrogens with one attached hydrogen (secondary N) is 3. The first-order valence-electron chi connectivity index (χ1n) is 8.94. The van der Waals surface area contributed by atoms with Crippen molar-refractivity contribution < 1.29 is 18.0 Å². The molecule has 0 heterocycles. The molecule has 0 fully saturated rings. The van der Waals surface area contributed by atoms with Crippen LogP contribution in [0.2, 0.25) is 5.02 Å². The summed E-state index contributed by atoms with van der Waals surface area (Å²) in [5.41, 5.74) is -0.0453. The van der Waals surface area contributed by atoms with Gasteiger partial charge in [0.1, 0.15) is 4.75 Å². The Morgan fingerprint density at radius 2 is 1.62 bits per heavy atom. The first-order valence-corrected chi connectivity index (χ1v) is 10.8. The predicted octanol–water partition coefficient (Wildman–Crippen LogP) is 2.75. The molecule has 9 heteroatoms. The minimum atomic E-state index is -4.01. The molecule has 29 heavy (non-hydrogen) atoms. The molecule has 3 N–H and O–H groups in total. The van der Waals surface area contributed by atoms with E-state index in [0.717, 1.165) is 0 Å². The second-order valence-corrected chi connectivity index (χ2v) is 11.0. The van der Waals surface area contributed by atoms with Crippen LogP contribution in [0.15, 0.2) is 40.9 Å². The second-order valence-electron chi connectivity index (χ2n) is 8.05. The first kappa shape index (κ1) is 24.8. The maximum absolute atomic E-state index is 12.9. The van der Waals surface area contributed by atoms with Gasteiger partial charge in [-0.3, -0.25) is 9.59 Å². The highest BCUT2D eigenvalue weighted by Crippen LogP contribution is 2.26. The van der Waals surface area contributed by atoms with Gasteiger partial charge < -0.3 is 16.0 Å². The van der Waals surface area contributed by atoms with Crippen molar-refractivity contribution in [1.82, 2.24) is 10.6 Å². The molecule has 0 aliphatic heterocycles. The van der Waals surface area contributed by atoms with E-state index in [2.05, 4.69) is 10.6 Å². The van der Waals surface area contributed by atoms with Crippen LogP contribution in [0.4, 0.5) is 0 Å². The van der Waals surface area contributed by atoms with Crippen LogP contribution in [0.5, 0.6) is 0 Å². The predicted molar refractivity (Wildman–Crippen MR) is 115 cm³/mol. The molecule has 1 aromatic carbocycles. The van der Waals surface area contributed by atoms with Crippen molar-refractivity contribution in [2.45, 2.75) is 44.3 Å². The van der Waals surface area contributed by atoms with Gasteiger partial charge in [0.15, 0.2) is 15.6 Å². The maximum Gasteiger partial charge on any atom is 0.241 e. The summed E-state index contributed by atoms with van der Waals surface area (Å²) in [4.78, 5) is 25.0. The van der Waals surface area contributed by atoms with Crippen molar-refractivity contribution in [3.63, 3.8) is 0 Å². The second kappa shape index (κ2) is 9.09. The highest BCUT2D eigenvalue weighted by atomic mass is 35.5. The lowest BCUT2D eigenvalue weighted by Gasteiger charge is -2.24. The lowest BCUT2D eigenvalue weighted by atomic mass is 9.89. The van der Waals surface area contributed by atoms with E-state index >= 15 is 0 Å². The van der Waals surface area contributed by atoms with Crippen LogP contribution in [-0.4, -0.2) is 44.2 Å². The highest BCUT2D eigenvalue weighted by molar-refractivity contribution is 7.93. The number of hydrogen-bond donors (Lipinski definition) is 3. The molecular weight excluding hydrogens is 414 g/mol. The SMILES string of the molecule is CN/C(=C\C(=N)C(C)(C)C)C(=O)CNC(=O)C(C)(C)S(=O)(=O)c1ccc(Cl)cc1. The Hall–Kier alpha value is -2.19. The number of ketones is 1. The van der Waals surface area contributed by atoms with Gasteiger partial charge in [0, 0.05) is 23.2 Å². The lowest BCUT2D eigenvalue weighted by molar-refractivity contribution is -0.125. The lowest BCUT2D eigenvalue weighted by Crippen LogP contribution is -2.49. The Labute approximate surface area is 177 Å². The fraction of sp³-hybridized carbons (Fsp3) is 0.450. The molecule has 0 aliphatic carbocycles. The summed E-state index contributed by atoms with van der Waals surface area (Å²) < 4.78 is 23.9. The molecule has 0 bridgehead atoms. The number of hydrogen-bond acceptors (Lipinski definition) is 6. The zero-order chi connectivity index (χ0) is 22.6. The summed E-state index contributed by atoms with van der Waals surface area (Å²) in [5.74, 6) is -1.27. The van der Waals surface area contributed by atoms with E-state index in [4.69, 9.17) is 17.0 Å². The maximum atomic E-state index is 12.9.